The van der Waals surface area contributed by atoms with E-state index >= 15 is 0 Å². The summed E-state index contributed by atoms with van der Waals surface area (Å²) in [5, 5.41) is 47.3. The second kappa shape index (κ2) is 12.3. The molecule has 2 atom stereocenters. The predicted molar refractivity (Wildman–Crippen MR) is 162 cm³/mol. The number of aliphatic hydroxyl groups is 1. The van der Waals surface area contributed by atoms with Crippen LogP contribution in [-0.4, -0.2) is 106 Å². The number of esters is 2. The Morgan fingerprint density at radius 1 is 0.591 bits per heavy atom. The standard InChI is InChI=1S/C32H59N3O9/c1-27(2)14-20(15-28(3,4)33(27)39)42-24(36)13-23(25(37)43-21-16-29(5,6)34(40)30(7,8)17-21)26(38)44-22-18-31(9,10)35(41)32(11,12)19-22/h20-23,25,37,39-41H,13-19H2,1-12H3. The van der Waals surface area contributed by atoms with Crippen molar-refractivity contribution in [1.82, 2.24) is 15.2 Å². The zero-order chi connectivity index (χ0) is 33.8. The second-order valence-corrected chi connectivity index (χ2v) is 17.2. The Labute approximate surface area is 263 Å². The lowest BCUT2D eigenvalue weighted by molar-refractivity contribution is -0.279. The number of ether oxygens (including phenoxy) is 3. The molecule has 12 nitrogen and oxygen atoms in total. The van der Waals surface area contributed by atoms with Crippen LogP contribution in [0.1, 0.15) is 128 Å². The normalized spacial score (nSPS) is 29.1. The Morgan fingerprint density at radius 3 is 1.23 bits per heavy atom. The van der Waals surface area contributed by atoms with Crippen LogP contribution in [0.25, 0.3) is 0 Å². The Morgan fingerprint density at radius 2 is 0.886 bits per heavy atom. The summed E-state index contributed by atoms with van der Waals surface area (Å²) >= 11 is 0. The minimum absolute atomic E-state index is 0.355. The molecule has 0 radical (unpaired) electrons. The molecule has 0 aliphatic carbocycles. The van der Waals surface area contributed by atoms with Crippen LogP contribution in [0.4, 0.5) is 0 Å². The molecule has 3 aliphatic rings. The molecule has 3 fully saturated rings. The molecule has 3 heterocycles. The smallest absolute Gasteiger partial charge is 0.314 e. The molecule has 256 valence electrons. The van der Waals surface area contributed by atoms with E-state index in [-0.39, 0.29) is 0 Å². The number of rotatable bonds is 8. The first-order valence-electron chi connectivity index (χ1n) is 15.9. The molecule has 3 aliphatic heterocycles. The largest absolute Gasteiger partial charge is 0.462 e. The molecule has 0 bridgehead atoms. The lowest BCUT2D eigenvalue weighted by Crippen LogP contribution is -2.61. The molecule has 0 aromatic carbocycles. The van der Waals surface area contributed by atoms with Crippen LogP contribution in [0.15, 0.2) is 0 Å². The van der Waals surface area contributed by atoms with Gasteiger partial charge in [0.25, 0.3) is 0 Å². The van der Waals surface area contributed by atoms with Crippen LogP contribution in [0.3, 0.4) is 0 Å². The Bertz CT molecular complexity index is 1000. The molecule has 0 aromatic rings. The van der Waals surface area contributed by atoms with Gasteiger partial charge in [0.1, 0.15) is 18.1 Å². The van der Waals surface area contributed by atoms with Crippen molar-refractivity contribution in [1.29, 1.82) is 0 Å². The third-order valence-electron chi connectivity index (χ3n) is 9.75. The van der Waals surface area contributed by atoms with Gasteiger partial charge in [0.2, 0.25) is 0 Å². The monoisotopic (exact) mass is 629 g/mol. The first kappa shape index (κ1) is 37.1. The number of carbonyl (C=O) groups excluding carboxylic acids is 2. The van der Waals surface area contributed by atoms with E-state index in [1.165, 1.54) is 15.2 Å². The van der Waals surface area contributed by atoms with E-state index in [9.17, 15) is 30.3 Å². The van der Waals surface area contributed by atoms with Gasteiger partial charge in [-0.2, -0.15) is 15.2 Å². The Kier molecular flexibility index (Phi) is 10.4. The number of hydrogen-bond donors (Lipinski definition) is 4. The fraction of sp³-hybridized carbons (Fsp3) is 0.938. The highest BCUT2D eigenvalue weighted by Crippen LogP contribution is 2.41. The lowest BCUT2D eigenvalue weighted by Gasteiger charge is -2.51. The van der Waals surface area contributed by atoms with Crippen LogP contribution in [0.2, 0.25) is 0 Å². The topological polar surface area (TPSA) is 152 Å². The number of aliphatic hydroxyl groups excluding tert-OH is 1. The van der Waals surface area contributed by atoms with Crippen molar-refractivity contribution in [2.75, 3.05) is 0 Å². The van der Waals surface area contributed by atoms with E-state index in [1.807, 2.05) is 83.1 Å². The molecular formula is C32H59N3O9. The minimum atomic E-state index is -1.66. The molecule has 3 saturated heterocycles. The van der Waals surface area contributed by atoms with Crippen molar-refractivity contribution in [3.63, 3.8) is 0 Å². The van der Waals surface area contributed by atoms with Crippen molar-refractivity contribution in [3.05, 3.63) is 0 Å². The second-order valence-electron chi connectivity index (χ2n) is 17.2. The molecule has 0 saturated carbocycles. The highest BCUT2D eigenvalue weighted by atomic mass is 16.6. The zero-order valence-corrected chi connectivity index (χ0v) is 29.0. The number of piperidine rings is 3. The third kappa shape index (κ3) is 8.12. The molecule has 0 spiro atoms. The van der Waals surface area contributed by atoms with Crippen LogP contribution >= 0.6 is 0 Å². The van der Waals surface area contributed by atoms with Crippen LogP contribution in [-0.2, 0) is 23.8 Å². The average molecular weight is 630 g/mol. The van der Waals surface area contributed by atoms with E-state index in [0.29, 0.717) is 38.5 Å². The number of hydrogen-bond acceptors (Lipinski definition) is 12. The molecule has 0 amide bonds. The van der Waals surface area contributed by atoms with Gasteiger partial charge in [0, 0.05) is 58.9 Å². The number of hydroxylamine groups is 6. The van der Waals surface area contributed by atoms with Gasteiger partial charge in [0.15, 0.2) is 6.29 Å². The zero-order valence-electron chi connectivity index (χ0n) is 29.0. The van der Waals surface area contributed by atoms with Gasteiger partial charge in [-0.1, -0.05) is 0 Å². The summed E-state index contributed by atoms with van der Waals surface area (Å²) in [6.45, 7) is 22.4. The fourth-order valence-corrected chi connectivity index (χ4v) is 8.06. The molecular weight excluding hydrogens is 570 g/mol. The summed E-state index contributed by atoms with van der Waals surface area (Å²) < 4.78 is 17.9. The van der Waals surface area contributed by atoms with Gasteiger partial charge in [0.05, 0.1) is 12.5 Å². The Balaban J connectivity index is 1.80. The molecule has 4 N–H and O–H groups in total. The third-order valence-corrected chi connectivity index (χ3v) is 9.75. The van der Waals surface area contributed by atoms with Crippen molar-refractivity contribution >= 4 is 11.9 Å². The fourth-order valence-electron chi connectivity index (χ4n) is 8.06. The van der Waals surface area contributed by atoms with Crippen LogP contribution in [0.5, 0.6) is 0 Å². The van der Waals surface area contributed by atoms with E-state index in [1.54, 1.807) is 0 Å². The minimum Gasteiger partial charge on any atom is -0.462 e. The van der Waals surface area contributed by atoms with Gasteiger partial charge in [-0.05, 0) is 95.9 Å². The van der Waals surface area contributed by atoms with E-state index in [2.05, 4.69) is 0 Å². The van der Waals surface area contributed by atoms with Gasteiger partial charge >= 0.3 is 11.9 Å². The summed E-state index contributed by atoms with van der Waals surface area (Å²) in [6, 6.07) is 0. The summed E-state index contributed by atoms with van der Waals surface area (Å²) in [5.74, 6) is -2.81. The number of nitrogens with zero attached hydrogens (tertiary/aromatic N) is 3. The summed E-state index contributed by atoms with van der Waals surface area (Å²) in [5.41, 5.74) is -3.94. The first-order valence-corrected chi connectivity index (χ1v) is 15.9. The molecule has 2 unspecified atom stereocenters. The summed E-state index contributed by atoms with van der Waals surface area (Å²) in [6.07, 6.45) is -1.43. The highest BCUT2D eigenvalue weighted by molar-refractivity contribution is 5.80. The van der Waals surface area contributed by atoms with Crippen molar-refractivity contribution in [2.45, 2.75) is 186 Å². The maximum absolute atomic E-state index is 13.7. The van der Waals surface area contributed by atoms with E-state index in [0.717, 1.165) is 0 Å². The van der Waals surface area contributed by atoms with Crippen LogP contribution in [0, 0.1) is 5.92 Å². The average Bonchev–Trinajstić information content (AvgIpc) is 2.81. The maximum atomic E-state index is 13.7. The summed E-state index contributed by atoms with van der Waals surface area (Å²) in [7, 11) is 0. The van der Waals surface area contributed by atoms with Gasteiger partial charge < -0.3 is 34.9 Å². The lowest BCUT2D eigenvalue weighted by atomic mass is 9.80. The highest BCUT2D eigenvalue weighted by Gasteiger charge is 2.50. The predicted octanol–water partition coefficient (Wildman–Crippen LogP) is 4.65. The van der Waals surface area contributed by atoms with E-state index in [4.69, 9.17) is 14.2 Å². The molecule has 0 aromatic heterocycles. The molecule has 3 rings (SSSR count). The Hall–Kier alpha value is -1.38. The van der Waals surface area contributed by atoms with Gasteiger partial charge in [-0.15, -0.1) is 0 Å². The molecule has 44 heavy (non-hydrogen) atoms. The van der Waals surface area contributed by atoms with Crippen LogP contribution < -0.4 is 0 Å². The van der Waals surface area contributed by atoms with Crippen molar-refractivity contribution < 1.29 is 44.5 Å². The SMILES string of the molecule is CC1(C)CC(OC(=O)CC(C(=O)OC2CC(C)(C)N(O)C(C)(C)C2)C(O)OC2CC(C)(C)N(O)C(C)(C)C2)CC(C)(C)N1O. The number of carbonyl (C=O) groups is 2. The van der Waals surface area contributed by atoms with Gasteiger partial charge in [-0.3, -0.25) is 9.59 Å². The van der Waals surface area contributed by atoms with Crippen molar-refractivity contribution in [2.24, 2.45) is 5.92 Å². The van der Waals surface area contributed by atoms with E-state index < -0.39 is 82.1 Å². The van der Waals surface area contributed by atoms with Gasteiger partial charge in [-0.25, -0.2) is 0 Å². The quantitative estimate of drug-likeness (QED) is 0.218. The molecule has 12 heteroatoms. The maximum Gasteiger partial charge on any atom is 0.314 e. The van der Waals surface area contributed by atoms with Crippen molar-refractivity contribution in [3.8, 4) is 0 Å². The first-order chi connectivity index (χ1) is 19.7. The summed E-state index contributed by atoms with van der Waals surface area (Å²) in [4.78, 5) is 27.1.